The Hall–Kier alpha value is -0.430. The summed E-state index contributed by atoms with van der Waals surface area (Å²) >= 11 is 2.03. The van der Waals surface area contributed by atoms with Crippen LogP contribution in [0.1, 0.15) is 30.3 Å². The highest BCUT2D eigenvalue weighted by molar-refractivity contribution is 14.1. The first kappa shape index (κ1) is 11.1. The van der Waals surface area contributed by atoms with Gasteiger partial charge in [-0.25, -0.2) is 4.98 Å². The van der Waals surface area contributed by atoms with Crippen molar-refractivity contribution in [3.05, 3.63) is 25.4 Å². The highest BCUT2D eigenvalue weighted by Crippen LogP contribution is 2.23. The minimum atomic E-state index is -0.0235. The number of hydrogen-bond acceptors (Lipinski definition) is 3. The van der Waals surface area contributed by atoms with E-state index in [0.717, 1.165) is 37.6 Å². The van der Waals surface area contributed by atoms with Crippen LogP contribution in [0.15, 0.2) is 4.79 Å². The molecule has 15 heavy (non-hydrogen) atoms. The van der Waals surface area contributed by atoms with Crippen molar-refractivity contribution >= 4 is 22.6 Å². The number of hydrogen-bond donors (Lipinski definition) is 1. The van der Waals surface area contributed by atoms with Crippen LogP contribution < -0.4 is 5.56 Å². The molecule has 1 saturated heterocycles. The van der Waals surface area contributed by atoms with Gasteiger partial charge in [0.1, 0.15) is 5.82 Å². The average molecular weight is 320 g/mol. The van der Waals surface area contributed by atoms with Crippen molar-refractivity contribution in [2.45, 2.75) is 25.7 Å². The third kappa shape index (κ3) is 2.39. The zero-order valence-corrected chi connectivity index (χ0v) is 10.7. The molecule has 0 radical (unpaired) electrons. The van der Waals surface area contributed by atoms with Gasteiger partial charge in [0.25, 0.3) is 5.56 Å². The SMILES string of the molecule is Cc1nc(C2CCOCC2)[nH]c(=O)c1I. The molecule has 2 heterocycles. The molecule has 1 aromatic heterocycles. The highest BCUT2D eigenvalue weighted by Gasteiger charge is 2.19. The van der Waals surface area contributed by atoms with E-state index in [1.54, 1.807) is 0 Å². The van der Waals surface area contributed by atoms with E-state index in [9.17, 15) is 4.79 Å². The van der Waals surface area contributed by atoms with E-state index < -0.39 is 0 Å². The molecule has 0 bridgehead atoms. The molecule has 5 heteroatoms. The third-order valence-corrected chi connectivity index (χ3v) is 3.93. The van der Waals surface area contributed by atoms with Crippen LogP contribution >= 0.6 is 22.6 Å². The van der Waals surface area contributed by atoms with Gasteiger partial charge in [0.05, 0.1) is 9.26 Å². The molecule has 4 nitrogen and oxygen atoms in total. The smallest absolute Gasteiger partial charge is 0.264 e. The standard InChI is InChI=1S/C10H13IN2O2/c1-6-8(11)10(14)13-9(12-6)7-2-4-15-5-3-7/h7H,2-5H2,1H3,(H,12,13,14). The van der Waals surface area contributed by atoms with Crippen LogP contribution in [0, 0.1) is 10.5 Å². The van der Waals surface area contributed by atoms with Gasteiger partial charge >= 0.3 is 0 Å². The van der Waals surface area contributed by atoms with Crippen LogP contribution in [-0.4, -0.2) is 23.2 Å². The maximum atomic E-state index is 11.6. The monoisotopic (exact) mass is 320 g/mol. The summed E-state index contributed by atoms with van der Waals surface area (Å²) in [6.07, 6.45) is 1.89. The van der Waals surface area contributed by atoms with E-state index >= 15 is 0 Å². The maximum Gasteiger partial charge on any atom is 0.264 e. The first-order valence-corrected chi connectivity index (χ1v) is 6.10. The molecule has 1 N–H and O–H groups in total. The summed E-state index contributed by atoms with van der Waals surface area (Å²) in [7, 11) is 0. The van der Waals surface area contributed by atoms with Gasteiger partial charge in [-0.3, -0.25) is 4.79 Å². The van der Waals surface area contributed by atoms with Crippen LogP contribution in [0.2, 0.25) is 0 Å². The third-order valence-electron chi connectivity index (χ3n) is 2.65. The van der Waals surface area contributed by atoms with Gasteiger partial charge < -0.3 is 9.72 Å². The maximum absolute atomic E-state index is 11.6. The molecule has 82 valence electrons. The molecule has 1 fully saturated rings. The van der Waals surface area contributed by atoms with Crippen LogP contribution in [0.5, 0.6) is 0 Å². The van der Waals surface area contributed by atoms with Crippen molar-refractivity contribution in [2.75, 3.05) is 13.2 Å². The predicted octanol–water partition coefficient (Wildman–Crippen LogP) is 1.58. The lowest BCUT2D eigenvalue weighted by molar-refractivity contribution is 0.0835. The van der Waals surface area contributed by atoms with Gasteiger partial charge in [-0.05, 0) is 42.4 Å². The van der Waals surface area contributed by atoms with Gasteiger partial charge in [0, 0.05) is 19.1 Å². The Balaban J connectivity index is 2.32. The fourth-order valence-electron chi connectivity index (χ4n) is 1.76. The van der Waals surface area contributed by atoms with E-state index in [1.165, 1.54) is 0 Å². The Morgan fingerprint density at radius 2 is 2.13 bits per heavy atom. The first-order valence-electron chi connectivity index (χ1n) is 5.02. The second-order valence-electron chi connectivity index (χ2n) is 3.74. The Morgan fingerprint density at radius 3 is 2.73 bits per heavy atom. The minimum absolute atomic E-state index is 0.0235. The molecular weight excluding hydrogens is 307 g/mol. The number of H-pyrrole nitrogens is 1. The minimum Gasteiger partial charge on any atom is -0.381 e. The van der Waals surface area contributed by atoms with Gasteiger partial charge in [0.15, 0.2) is 0 Å². The number of aromatic amines is 1. The summed E-state index contributed by atoms with van der Waals surface area (Å²) in [5, 5.41) is 0. The summed E-state index contributed by atoms with van der Waals surface area (Å²) in [5.41, 5.74) is 0.797. The largest absolute Gasteiger partial charge is 0.381 e. The molecule has 0 aromatic carbocycles. The highest BCUT2D eigenvalue weighted by atomic mass is 127. The Morgan fingerprint density at radius 1 is 1.47 bits per heavy atom. The number of ether oxygens (including phenoxy) is 1. The summed E-state index contributed by atoms with van der Waals surface area (Å²) in [5.74, 6) is 1.17. The van der Waals surface area contributed by atoms with Gasteiger partial charge in [-0.2, -0.15) is 0 Å². The Labute approximate surface area is 102 Å². The van der Waals surface area contributed by atoms with Crippen molar-refractivity contribution in [1.82, 2.24) is 9.97 Å². The number of halogens is 1. The van der Waals surface area contributed by atoms with Gasteiger partial charge in [0.2, 0.25) is 0 Å². The first-order chi connectivity index (χ1) is 7.18. The second kappa shape index (κ2) is 4.61. The quantitative estimate of drug-likeness (QED) is 0.800. The molecule has 0 amide bonds. The lowest BCUT2D eigenvalue weighted by Gasteiger charge is -2.21. The fourth-order valence-corrected chi connectivity index (χ4v) is 2.01. The van der Waals surface area contributed by atoms with Crippen molar-refractivity contribution in [3.63, 3.8) is 0 Å². The average Bonchev–Trinajstić information content (AvgIpc) is 2.26. The second-order valence-corrected chi connectivity index (χ2v) is 4.82. The van der Waals surface area contributed by atoms with E-state index in [0.29, 0.717) is 9.49 Å². The van der Waals surface area contributed by atoms with Crippen LogP contribution in [0.25, 0.3) is 0 Å². The Kier molecular flexibility index (Phi) is 3.40. The van der Waals surface area contributed by atoms with Crippen LogP contribution in [0.4, 0.5) is 0 Å². The zero-order valence-electron chi connectivity index (χ0n) is 8.55. The molecule has 2 rings (SSSR count). The van der Waals surface area contributed by atoms with Crippen molar-refractivity contribution in [1.29, 1.82) is 0 Å². The summed E-state index contributed by atoms with van der Waals surface area (Å²) in [6, 6.07) is 0. The molecule has 1 aliphatic heterocycles. The Bertz CT molecular complexity index is 410. The number of nitrogens with one attached hydrogen (secondary N) is 1. The molecule has 0 spiro atoms. The molecular formula is C10H13IN2O2. The van der Waals surface area contributed by atoms with Gasteiger partial charge in [-0.1, -0.05) is 0 Å². The van der Waals surface area contributed by atoms with E-state index in [-0.39, 0.29) is 5.56 Å². The summed E-state index contributed by atoms with van der Waals surface area (Å²) in [6.45, 7) is 3.40. The summed E-state index contributed by atoms with van der Waals surface area (Å²) in [4.78, 5) is 18.9. The van der Waals surface area contributed by atoms with Crippen LogP contribution in [0.3, 0.4) is 0 Å². The van der Waals surface area contributed by atoms with E-state index in [4.69, 9.17) is 4.74 Å². The van der Waals surface area contributed by atoms with E-state index in [2.05, 4.69) is 9.97 Å². The molecule has 1 aromatic rings. The zero-order chi connectivity index (χ0) is 10.8. The van der Waals surface area contributed by atoms with Crippen molar-refractivity contribution in [3.8, 4) is 0 Å². The van der Waals surface area contributed by atoms with Crippen molar-refractivity contribution in [2.24, 2.45) is 0 Å². The number of aromatic nitrogens is 2. The number of nitrogens with zero attached hydrogens (tertiary/aromatic N) is 1. The molecule has 0 atom stereocenters. The normalized spacial score (nSPS) is 18.0. The molecule has 0 unspecified atom stereocenters. The number of aryl methyl sites for hydroxylation is 1. The summed E-state index contributed by atoms with van der Waals surface area (Å²) < 4.78 is 5.97. The van der Waals surface area contributed by atoms with E-state index in [1.807, 2.05) is 29.5 Å². The lowest BCUT2D eigenvalue weighted by Crippen LogP contribution is -2.22. The van der Waals surface area contributed by atoms with Crippen molar-refractivity contribution < 1.29 is 4.74 Å². The predicted molar refractivity (Wildman–Crippen MR) is 65.1 cm³/mol. The molecule has 1 aliphatic rings. The topological polar surface area (TPSA) is 55.0 Å². The molecule has 0 aliphatic carbocycles. The molecule has 0 saturated carbocycles. The number of rotatable bonds is 1. The fraction of sp³-hybridized carbons (Fsp3) is 0.600. The van der Waals surface area contributed by atoms with Crippen LogP contribution in [-0.2, 0) is 4.74 Å². The van der Waals surface area contributed by atoms with Gasteiger partial charge in [-0.15, -0.1) is 0 Å². The lowest BCUT2D eigenvalue weighted by atomic mass is 9.99.